The molecule has 0 nitrogen and oxygen atoms in total. The van der Waals surface area contributed by atoms with E-state index >= 15 is 0 Å². The van der Waals surface area contributed by atoms with Crippen molar-refractivity contribution < 1.29 is 4.39 Å². The molecule has 0 atom stereocenters. The second-order valence-electron chi connectivity index (χ2n) is 6.98. The van der Waals surface area contributed by atoms with Crippen molar-refractivity contribution in [1.82, 2.24) is 0 Å². The van der Waals surface area contributed by atoms with E-state index in [9.17, 15) is 4.39 Å². The molecule has 0 radical (unpaired) electrons. The lowest BCUT2D eigenvalue weighted by atomic mass is 9.87. The van der Waals surface area contributed by atoms with Gasteiger partial charge in [0.1, 0.15) is 5.82 Å². The summed E-state index contributed by atoms with van der Waals surface area (Å²) < 4.78 is 12.5. The van der Waals surface area contributed by atoms with Crippen LogP contribution in [0.4, 0.5) is 4.39 Å². The maximum atomic E-state index is 12.5. The summed E-state index contributed by atoms with van der Waals surface area (Å²) in [5.74, 6) is -0.169. The molecule has 2 rings (SSSR count). The zero-order valence-corrected chi connectivity index (χ0v) is 14.1. The predicted molar refractivity (Wildman–Crippen MR) is 94.9 cm³/mol. The number of hydrogen-bond acceptors (Lipinski definition) is 1. The van der Waals surface area contributed by atoms with Gasteiger partial charge < -0.3 is 0 Å². The van der Waals surface area contributed by atoms with E-state index in [1.165, 1.54) is 22.6 Å². The molecule has 0 unspecified atom stereocenters. The first-order chi connectivity index (χ1) is 9.10. The van der Waals surface area contributed by atoms with E-state index in [0.29, 0.717) is 5.41 Å². The lowest BCUT2D eigenvalue weighted by molar-refractivity contribution is 0.583. The molecule has 0 amide bonds. The zero-order valence-electron chi connectivity index (χ0n) is 13.3. The van der Waals surface area contributed by atoms with Crippen LogP contribution in [0.25, 0.3) is 0 Å². The fraction of sp³-hybridized carbons (Fsp3) is 0.474. The van der Waals surface area contributed by atoms with Gasteiger partial charge in [-0.3, -0.25) is 0 Å². The van der Waals surface area contributed by atoms with Gasteiger partial charge >= 0.3 is 0 Å². The molecule has 21 heavy (non-hydrogen) atoms. The van der Waals surface area contributed by atoms with Crippen molar-refractivity contribution in [2.24, 2.45) is 0 Å². The largest absolute Gasteiger partial charge is 0.207 e. The third-order valence-corrected chi connectivity index (χ3v) is 4.27. The summed E-state index contributed by atoms with van der Waals surface area (Å²) in [4.78, 5) is 1.46. The van der Waals surface area contributed by atoms with E-state index in [-0.39, 0.29) is 18.7 Å². The fourth-order valence-electron chi connectivity index (χ4n) is 1.66. The number of halogens is 1. The second kappa shape index (κ2) is 7.74. The van der Waals surface area contributed by atoms with Crippen LogP contribution in [0, 0.1) is 5.82 Å². The summed E-state index contributed by atoms with van der Waals surface area (Å²) in [6.07, 6.45) is 0. The second-order valence-corrected chi connectivity index (χ2v) is 7.93. The molecule has 1 aromatic heterocycles. The van der Waals surface area contributed by atoms with Crippen LogP contribution in [0.2, 0.25) is 0 Å². The average molecular weight is 309 g/mol. The highest BCUT2D eigenvalue weighted by Crippen LogP contribution is 2.25. The molecule has 1 aromatic carbocycles. The molecule has 0 bridgehead atoms. The monoisotopic (exact) mass is 308 g/mol. The molecule has 2 heteroatoms. The molecule has 0 aliphatic heterocycles. The van der Waals surface area contributed by atoms with Crippen molar-refractivity contribution in [3.8, 4) is 0 Å². The summed E-state index contributed by atoms with van der Waals surface area (Å²) in [7, 11) is 0. The third kappa shape index (κ3) is 6.90. The predicted octanol–water partition coefficient (Wildman–Crippen LogP) is 6.80. The quantitative estimate of drug-likeness (QED) is 0.501. The van der Waals surface area contributed by atoms with Gasteiger partial charge in [0.05, 0.1) is 0 Å². The molecule has 2 aromatic rings. The Kier molecular flexibility index (Phi) is 7.32. The maximum Gasteiger partial charge on any atom is 0.123 e. The average Bonchev–Trinajstić information content (AvgIpc) is 2.82. The van der Waals surface area contributed by atoms with Gasteiger partial charge in [0.2, 0.25) is 0 Å². The minimum Gasteiger partial charge on any atom is -0.207 e. The van der Waals surface area contributed by atoms with Gasteiger partial charge in [-0.25, -0.2) is 4.39 Å². The van der Waals surface area contributed by atoms with Gasteiger partial charge in [-0.15, -0.1) is 11.3 Å². The molecule has 0 fully saturated rings. The van der Waals surface area contributed by atoms with Crippen molar-refractivity contribution >= 4 is 11.3 Å². The first-order valence-corrected chi connectivity index (χ1v) is 7.79. The van der Waals surface area contributed by atoms with Crippen LogP contribution in [0.3, 0.4) is 0 Å². The van der Waals surface area contributed by atoms with E-state index in [1.54, 1.807) is 0 Å². The van der Waals surface area contributed by atoms with Crippen molar-refractivity contribution in [2.75, 3.05) is 0 Å². The standard InChI is InChI=1S/C10H13F.C8H12S.CH4/c1-10(2,3)8-4-6-9(11)7-5-8;1-8(2,3)7-5-4-6-9-7;/h4-7H,1-3H3;4-6H,1-3H3;1H4. The fourth-order valence-corrected chi connectivity index (χ4v) is 2.47. The molecule has 0 spiro atoms. The van der Waals surface area contributed by atoms with Gasteiger partial charge in [-0.05, 0) is 40.0 Å². The Morgan fingerprint density at radius 2 is 1.33 bits per heavy atom. The van der Waals surface area contributed by atoms with Crippen LogP contribution in [-0.2, 0) is 10.8 Å². The minimum absolute atomic E-state index is 0. The van der Waals surface area contributed by atoms with Crippen molar-refractivity contribution in [3.63, 3.8) is 0 Å². The summed E-state index contributed by atoms with van der Waals surface area (Å²) in [6.45, 7) is 13.0. The van der Waals surface area contributed by atoms with Crippen LogP contribution in [-0.4, -0.2) is 0 Å². The van der Waals surface area contributed by atoms with E-state index < -0.39 is 0 Å². The van der Waals surface area contributed by atoms with Crippen LogP contribution < -0.4 is 0 Å². The van der Waals surface area contributed by atoms with E-state index in [1.807, 2.05) is 23.5 Å². The molecular formula is C19H29FS. The lowest BCUT2D eigenvalue weighted by Gasteiger charge is -2.18. The maximum absolute atomic E-state index is 12.5. The number of benzene rings is 1. The highest BCUT2D eigenvalue weighted by atomic mass is 32.1. The summed E-state index contributed by atoms with van der Waals surface area (Å²) in [6, 6.07) is 10.9. The zero-order chi connectivity index (χ0) is 15.4. The Labute approximate surface area is 134 Å². The van der Waals surface area contributed by atoms with Gasteiger partial charge in [0.15, 0.2) is 0 Å². The molecule has 0 saturated carbocycles. The number of rotatable bonds is 0. The lowest BCUT2D eigenvalue weighted by Crippen LogP contribution is -2.10. The van der Waals surface area contributed by atoms with E-state index in [0.717, 1.165) is 0 Å². The first-order valence-electron chi connectivity index (χ1n) is 6.91. The summed E-state index contributed by atoms with van der Waals surface area (Å²) in [5.41, 5.74) is 1.63. The molecular weight excluding hydrogens is 279 g/mol. The SMILES string of the molecule is C.CC(C)(C)c1ccc(F)cc1.CC(C)(C)c1cccs1. The third-order valence-electron chi connectivity index (χ3n) is 2.97. The smallest absolute Gasteiger partial charge is 0.123 e. The van der Waals surface area contributed by atoms with E-state index in [4.69, 9.17) is 0 Å². The van der Waals surface area contributed by atoms with Crippen LogP contribution in [0.15, 0.2) is 41.8 Å². The summed E-state index contributed by atoms with van der Waals surface area (Å²) in [5, 5.41) is 2.13. The molecule has 0 aliphatic carbocycles. The summed E-state index contributed by atoms with van der Waals surface area (Å²) >= 11 is 1.83. The van der Waals surface area contributed by atoms with Crippen LogP contribution in [0.1, 0.15) is 59.4 Å². The molecule has 1 heterocycles. The normalized spacial score (nSPS) is 11.2. The number of hydrogen-bond donors (Lipinski definition) is 0. The van der Waals surface area contributed by atoms with E-state index in [2.05, 4.69) is 59.1 Å². The molecule has 0 N–H and O–H groups in total. The topological polar surface area (TPSA) is 0 Å². The Morgan fingerprint density at radius 3 is 1.62 bits per heavy atom. The highest BCUT2D eigenvalue weighted by molar-refractivity contribution is 7.10. The van der Waals surface area contributed by atoms with Gasteiger partial charge in [-0.1, -0.05) is 67.2 Å². The Morgan fingerprint density at radius 1 is 0.810 bits per heavy atom. The Balaban J connectivity index is 0.000000370. The van der Waals surface area contributed by atoms with Crippen molar-refractivity contribution in [2.45, 2.75) is 59.8 Å². The van der Waals surface area contributed by atoms with Gasteiger partial charge in [0, 0.05) is 4.88 Å². The molecule has 118 valence electrons. The van der Waals surface area contributed by atoms with Gasteiger partial charge in [0.25, 0.3) is 0 Å². The number of thiophene rings is 1. The highest BCUT2D eigenvalue weighted by Gasteiger charge is 2.13. The molecule has 0 saturated heterocycles. The first kappa shape index (κ1) is 19.9. The molecule has 0 aliphatic rings. The van der Waals surface area contributed by atoms with Crippen LogP contribution >= 0.6 is 11.3 Å². The Hall–Kier alpha value is -1.15. The van der Waals surface area contributed by atoms with Crippen LogP contribution in [0.5, 0.6) is 0 Å². The van der Waals surface area contributed by atoms with Gasteiger partial charge in [-0.2, -0.15) is 0 Å². The Bertz CT molecular complexity index is 496. The van der Waals surface area contributed by atoms with Crippen molar-refractivity contribution in [1.29, 1.82) is 0 Å². The van der Waals surface area contributed by atoms with Crippen molar-refractivity contribution in [3.05, 3.63) is 58.0 Å². The minimum atomic E-state index is -0.169.